The molecule has 1 aliphatic heterocycles. The van der Waals surface area contributed by atoms with Gasteiger partial charge in [-0.25, -0.2) is 0 Å². The molecule has 0 aromatic carbocycles. The van der Waals surface area contributed by atoms with Crippen molar-refractivity contribution in [2.75, 3.05) is 24.2 Å². The number of nitrogens with zero attached hydrogens (tertiary/aromatic N) is 3. The van der Waals surface area contributed by atoms with E-state index in [1.165, 1.54) is 35.9 Å². The van der Waals surface area contributed by atoms with E-state index in [9.17, 15) is 9.59 Å². The fourth-order valence-corrected chi connectivity index (χ4v) is 3.44. The van der Waals surface area contributed by atoms with Crippen LogP contribution in [-0.4, -0.2) is 45.1 Å². The molecule has 6 nitrogen and oxygen atoms in total. The second-order valence-corrected chi connectivity index (χ2v) is 6.36. The molecule has 2 amide bonds. The summed E-state index contributed by atoms with van der Waals surface area (Å²) >= 11 is 2.68. The van der Waals surface area contributed by atoms with E-state index in [1.54, 1.807) is 4.90 Å². The number of nitrogens with one attached hydrogen (secondary N) is 1. The van der Waals surface area contributed by atoms with E-state index in [2.05, 4.69) is 15.5 Å². The molecule has 2 aliphatic rings. The van der Waals surface area contributed by atoms with Gasteiger partial charge in [-0.15, -0.1) is 10.2 Å². The fraction of sp³-hybridized carbons (Fsp3) is 0.600. The highest BCUT2D eigenvalue weighted by molar-refractivity contribution is 8.13. The summed E-state index contributed by atoms with van der Waals surface area (Å²) in [6.45, 7) is 0.741. The van der Waals surface area contributed by atoms with E-state index >= 15 is 0 Å². The molecule has 0 unspecified atom stereocenters. The summed E-state index contributed by atoms with van der Waals surface area (Å²) in [5.74, 6) is 1.10. The lowest BCUT2D eigenvalue weighted by molar-refractivity contribution is -0.116. The Bertz CT molecular complexity index is 486. The molecular formula is C10H12N4O2S2. The van der Waals surface area contributed by atoms with Gasteiger partial charge in [-0.05, 0) is 12.8 Å². The summed E-state index contributed by atoms with van der Waals surface area (Å²) in [5.41, 5.74) is 0. The molecule has 0 radical (unpaired) electrons. The van der Waals surface area contributed by atoms with Crippen molar-refractivity contribution < 1.29 is 9.59 Å². The predicted octanol–water partition coefficient (Wildman–Crippen LogP) is 1.52. The molecule has 0 spiro atoms. The SMILES string of the molecule is O=C(CN1CCSC1=O)Nc1nnc(C2CC2)s1. The number of carbonyl (C=O) groups excluding carboxylic acids is 2. The Hall–Kier alpha value is -1.15. The van der Waals surface area contributed by atoms with E-state index in [0.29, 0.717) is 17.6 Å². The number of hydrogen-bond donors (Lipinski definition) is 1. The van der Waals surface area contributed by atoms with E-state index in [0.717, 1.165) is 10.8 Å². The van der Waals surface area contributed by atoms with Crippen LogP contribution in [-0.2, 0) is 4.79 Å². The van der Waals surface area contributed by atoms with Crippen LogP contribution in [0.15, 0.2) is 0 Å². The van der Waals surface area contributed by atoms with E-state index in [-0.39, 0.29) is 17.7 Å². The lowest BCUT2D eigenvalue weighted by Crippen LogP contribution is -2.33. The number of rotatable bonds is 4. The summed E-state index contributed by atoms with van der Waals surface area (Å²) < 4.78 is 0. The zero-order valence-corrected chi connectivity index (χ0v) is 11.2. The standard InChI is InChI=1S/C10H12N4O2S2/c15-7(5-14-3-4-17-10(14)16)11-9-13-12-8(18-9)6-1-2-6/h6H,1-5H2,(H,11,13,15). The highest BCUT2D eigenvalue weighted by Crippen LogP contribution is 2.42. The van der Waals surface area contributed by atoms with Crippen molar-refractivity contribution in [1.82, 2.24) is 15.1 Å². The van der Waals surface area contributed by atoms with Crippen LogP contribution in [0.4, 0.5) is 9.93 Å². The molecule has 1 aliphatic carbocycles. The minimum absolute atomic E-state index is 0.0268. The van der Waals surface area contributed by atoms with Crippen molar-refractivity contribution in [2.24, 2.45) is 0 Å². The summed E-state index contributed by atoms with van der Waals surface area (Å²) in [4.78, 5) is 24.6. The third-order valence-electron chi connectivity index (χ3n) is 2.79. The number of aromatic nitrogens is 2. The first-order valence-corrected chi connectivity index (χ1v) is 7.57. The highest BCUT2D eigenvalue weighted by atomic mass is 32.2. The molecular weight excluding hydrogens is 272 g/mol. The smallest absolute Gasteiger partial charge is 0.282 e. The van der Waals surface area contributed by atoms with Gasteiger partial charge in [0.1, 0.15) is 11.6 Å². The number of amides is 2. The van der Waals surface area contributed by atoms with Crippen LogP contribution in [0.2, 0.25) is 0 Å². The van der Waals surface area contributed by atoms with Crippen molar-refractivity contribution in [3.8, 4) is 0 Å². The zero-order chi connectivity index (χ0) is 12.5. The quantitative estimate of drug-likeness (QED) is 0.907. The summed E-state index contributed by atoms with van der Waals surface area (Å²) in [6.07, 6.45) is 2.34. The molecule has 1 saturated heterocycles. The molecule has 2 heterocycles. The largest absolute Gasteiger partial charge is 0.323 e. The van der Waals surface area contributed by atoms with E-state index in [4.69, 9.17) is 0 Å². The molecule has 1 aromatic rings. The van der Waals surface area contributed by atoms with Gasteiger partial charge < -0.3 is 4.90 Å². The molecule has 1 aromatic heterocycles. The zero-order valence-electron chi connectivity index (χ0n) is 9.59. The van der Waals surface area contributed by atoms with Crippen molar-refractivity contribution >= 4 is 39.4 Å². The summed E-state index contributed by atoms with van der Waals surface area (Å²) in [6, 6.07) is 0. The minimum atomic E-state index is -0.204. The Balaban J connectivity index is 1.54. The second-order valence-electron chi connectivity index (χ2n) is 4.30. The highest BCUT2D eigenvalue weighted by Gasteiger charge is 2.28. The Morgan fingerprint density at radius 3 is 2.94 bits per heavy atom. The molecule has 0 atom stereocenters. The average Bonchev–Trinajstić information content (AvgIpc) is 2.97. The molecule has 18 heavy (non-hydrogen) atoms. The third-order valence-corrected chi connectivity index (χ3v) is 4.69. The normalized spacial score (nSPS) is 19.3. The van der Waals surface area contributed by atoms with Gasteiger partial charge in [-0.2, -0.15) is 0 Å². The van der Waals surface area contributed by atoms with Gasteiger partial charge in [0.05, 0.1) is 0 Å². The lowest BCUT2D eigenvalue weighted by atomic mass is 10.5. The van der Waals surface area contributed by atoms with Gasteiger partial charge in [-0.1, -0.05) is 23.1 Å². The molecule has 1 saturated carbocycles. The third kappa shape index (κ3) is 2.64. The van der Waals surface area contributed by atoms with Crippen molar-refractivity contribution in [2.45, 2.75) is 18.8 Å². The maximum atomic E-state index is 11.7. The average molecular weight is 284 g/mol. The Kier molecular flexibility index (Phi) is 3.21. The van der Waals surface area contributed by atoms with Crippen molar-refractivity contribution in [3.63, 3.8) is 0 Å². The number of anilines is 1. The molecule has 3 rings (SSSR count). The van der Waals surface area contributed by atoms with Crippen LogP contribution in [0, 0.1) is 0 Å². The van der Waals surface area contributed by atoms with Gasteiger partial charge in [-0.3, -0.25) is 14.9 Å². The Morgan fingerprint density at radius 1 is 1.44 bits per heavy atom. The predicted molar refractivity (Wildman–Crippen MR) is 69.9 cm³/mol. The summed E-state index contributed by atoms with van der Waals surface area (Å²) in [7, 11) is 0. The maximum absolute atomic E-state index is 11.7. The van der Waals surface area contributed by atoms with Gasteiger partial charge >= 0.3 is 0 Å². The molecule has 0 bridgehead atoms. The Labute approximate surface area is 112 Å². The van der Waals surface area contributed by atoms with E-state index < -0.39 is 0 Å². The minimum Gasteiger partial charge on any atom is -0.323 e. The maximum Gasteiger partial charge on any atom is 0.282 e. The Morgan fingerprint density at radius 2 is 2.28 bits per heavy atom. The van der Waals surface area contributed by atoms with Crippen LogP contribution in [0.1, 0.15) is 23.8 Å². The van der Waals surface area contributed by atoms with Crippen LogP contribution < -0.4 is 5.32 Å². The molecule has 2 fully saturated rings. The van der Waals surface area contributed by atoms with Crippen LogP contribution in [0.3, 0.4) is 0 Å². The number of hydrogen-bond acceptors (Lipinski definition) is 6. The number of carbonyl (C=O) groups is 2. The van der Waals surface area contributed by atoms with Gasteiger partial charge in [0.15, 0.2) is 0 Å². The first-order chi connectivity index (χ1) is 8.72. The topological polar surface area (TPSA) is 75.2 Å². The van der Waals surface area contributed by atoms with Gasteiger partial charge in [0.2, 0.25) is 11.0 Å². The van der Waals surface area contributed by atoms with Gasteiger partial charge in [0.25, 0.3) is 5.24 Å². The van der Waals surface area contributed by atoms with Crippen LogP contribution >= 0.6 is 23.1 Å². The summed E-state index contributed by atoms with van der Waals surface area (Å²) in [5, 5.41) is 12.2. The van der Waals surface area contributed by atoms with Crippen molar-refractivity contribution in [1.29, 1.82) is 0 Å². The fourth-order valence-electron chi connectivity index (χ4n) is 1.68. The first kappa shape index (κ1) is 11.9. The van der Waals surface area contributed by atoms with E-state index in [1.807, 2.05) is 0 Å². The van der Waals surface area contributed by atoms with Gasteiger partial charge in [0, 0.05) is 18.2 Å². The second kappa shape index (κ2) is 4.85. The lowest BCUT2D eigenvalue weighted by Gasteiger charge is -2.12. The first-order valence-electron chi connectivity index (χ1n) is 5.77. The molecule has 1 N–H and O–H groups in total. The molecule has 8 heteroatoms. The van der Waals surface area contributed by atoms with Crippen molar-refractivity contribution in [3.05, 3.63) is 5.01 Å². The van der Waals surface area contributed by atoms with Crippen LogP contribution in [0.25, 0.3) is 0 Å². The van der Waals surface area contributed by atoms with Crippen LogP contribution in [0.5, 0.6) is 0 Å². The monoisotopic (exact) mass is 284 g/mol. The number of thioether (sulfide) groups is 1. The molecule has 96 valence electrons.